The quantitative estimate of drug-likeness (QED) is 0.863. The number of nitrogens with one attached hydrogen (secondary N) is 2. The van der Waals surface area contributed by atoms with E-state index in [0.717, 1.165) is 31.9 Å². The average molecular weight is 340 g/mol. The van der Waals surface area contributed by atoms with Gasteiger partial charge in [0.2, 0.25) is 5.89 Å². The van der Waals surface area contributed by atoms with Crippen LogP contribution in [-0.4, -0.2) is 40.8 Å². The molecule has 0 radical (unpaired) electrons. The van der Waals surface area contributed by atoms with Crippen LogP contribution < -0.4 is 10.6 Å². The van der Waals surface area contributed by atoms with Gasteiger partial charge in [0.15, 0.2) is 0 Å². The van der Waals surface area contributed by atoms with E-state index in [-0.39, 0.29) is 6.42 Å². The molecule has 0 unspecified atom stereocenters. The molecule has 0 saturated carbocycles. The van der Waals surface area contributed by atoms with Crippen LogP contribution in [0.1, 0.15) is 29.5 Å². The molecule has 1 fully saturated rings. The number of hydrogen-bond acceptors (Lipinski definition) is 7. The molecular formula is C18H24N6O. The topological polar surface area (TPSA) is 90.0 Å². The van der Waals surface area contributed by atoms with E-state index in [4.69, 9.17) is 9.68 Å². The summed E-state index contributed by atoms with van der Waals surface area (Å²) >= 11 is 0. The van der Waals surface area contributed by atoms with Gasteiger partial charge in [0.05, 0.1) is 6.07 Å². The number of anilines is 2. The molecule has 1 saturated heterocycles. The van der Waals surface area contributed by atoms with Crippen molar-refractivity contribution in [2.75, 3.05) is 25.0 Å². The number of benzene rings is 1. The lowest BCUT2D eigenvalue weighted by Gasteiger charge is -2.32. The van der Waals surface area contributed by atoms with E-state index in [2.05, 4.69) is 58.6 Å². The smallest absolute Gasteiger partial charge is 0.320 e. The van der Waals surface area contributed by atoms with Gasteiger partial charge in [0.1, 0.15) is 6.42 Å². The third-order valence-electron chi connectivity index (χ3n) is 4.45. The van der Waals surface area contributed by atoms with Gasteiger partial charge >= 0.3 is 6.01 Å². The molecule has 132 valence electrons. The van der Waals surface area contributed by atoms with E-state index in [1.807, 2.05) is 6.07 Å². The van der Waals surface area contributed by atoms with Gasteiger partial charge in [-0.3, -0.25) is 4.90 Å². The fourth-order valence-electron chi connectivity index (χ4n) is 3.18. The number of nitriles is 1. The molecule has 25 heavy (non-hydrogen) atoms. The summed E-state index contributed by atoms with van der Waals surface area (Å²) in [6, 6.07) is 7.16. The van der Waals surface area contributed by atoms with E-state index in [9.17, 15) is 0 Å². The molecule has 1 atom stereocenters. The van der Waals surface area contributed by atoms with Crippen molar-refractivity contribution in [3.05, 3.63) is 34.7 Å². The zero-order valence-corrected chi connectivity index (χ0v) is 15.0. The van der Waals surface area contributed by atoms with Crippen molar-refractivity contribution in [2.24, 2.45) is 0 Å². The van der Waals surface area contributed by atoms with Crippen LogP contribution in [0.2, 0.25) is 0 Å². The van der Waals surface area contributed by atoms with Crippen LogP contribution in [-0.2, 0) is 13.0 Å². The molecule has 1 aromatic heterocycles. The lowest BCUT2D eigenvalue weighted by Crippen LogP contribution is -2.48. The van der Waals surface area contributed by atoms with Crippen molar-refractivity contribution in [1.82, 2.24) is 20.4 Å². The predicted molar refractivity (Wildman–Crippen MR) is 95.6 cm³/mol. The van der Waals surface area contributed by atoms with Gasteiger partial charge in [0, 0.05) is 37.9 Å². The van der Waals surface area contributed by atoms with E-state index in [0.29, 0.717) is 17.9 Å². The molecule has 2 N–H and O–H groups in total. The Morgan fingerprint density at radius 3 is 3.00 bits per heavy atom. The van der Waals surface area contributed by atoms with Gasteiger partial charge in [-0.05, 0) is 43.5 Å². The van der Waals surface area contributed by atoms with E-state index < -0.39 is 0 Å². The van der Waals surface area contributed by atoms with E-state index in [1.54, 1.807) is 0 Å². The highest BCUT2D eigenvalue weighted by atomic mass is 16.4. The summed E-state index contributed by atoms with van der Waals surface area (Å²) in [5.74, 6) is 0.324. The maximum absolute atomic E-state index is 8.70. The molecular weight excluding hydrogens is 316 g/mol. The molecule has 0 bridgehead atoms. The van der Waals surface area contributed by atoms with Gasteiger partial charge in [-0.1, -0.05) is 11.2 Å². The number of aromatic nitrogens is 2. The van der Waals surface area contributed by atoms with Crippen LogP contribution in [0.3, 0.4) is 0 Å². The number of piperazine rings is 1. The second-order valence-corrected chi connectivity index (χ2v) is 6.65. The highest BCUT2D eigenvalue weighted by molar-refractivity contribution is 5.61. The Morgan fingerprint density at radius 2 is 2.24 bits per heavy atom. The van der Waals surface area contributed by atoms with Crippen LogP contribution >= 0.6 is 0 Å². The number of aryl methyl sites for hydroxylation is 1. The standard InChI is InChI=1S/C18H24N6O/c1-12-8-15(11-24-7-6-20-13(2)10-24)14(3)16(9-12)21-18-23-22-17(25-18)4-5-19/h8-9,13,20H,4,6-7,10-11H2,1-3H3,(H,21,23)/t13-/m0/s1. The Balaban J connectivity index is 1.78. The van der Waals surface area contributed by atoms with Crippen molar-refractivity contribution in [3.63, 3.8) is 0 Å². The summed E-state index contributed by atoms with van der Waals surface area (Å²) in [5.41, 5.74) is 4.62. The Labute approximate surface area is 148 Å². The summed E-state index contributed by atoms with van der Waals surface area (Å²) in [5, 5.41) is 23.2. The molecule has 3 rings (SSSR count). The van der Waals surface area contributed by atoms with Gasteiger partial charge in [-0.15, -0.1) is 5.10 Å². The molecule has 7 heteroatoms. The lowest BCUT2D eigenvalue weighted by atomic mass is 10.0. The Kier molecular flexibility index (Phi) is 5.31. The Hall–Kier alpha value is -2.43. The summed E-state index contributed by atoms with van der Waals surface area (Å²) in [7, 11) is 0. The van der Waals surface area contributed by atoms with Gasteiger partial charge in [-0.2, -0.15) is 5.26 Å². The minimum absolute atomic E-state index is 0.119. The fourth-order valence-corrected chi connectivity index (χ4v) is 3.18. The molecule has 2 heterocycles. The van der Waals surface area contributed by atoms with Crippen molar-refractivity contribution < 1.29 is 4.42 Å². The molecule has 1 aromatic carbocycles. The SMILES string of the molecule is Cc1cc(CN2CCN[C@@H](C)C2)c(C)c(Nc2nnc(CC#N)o2)c1. The summed E-state index contributed by atoms with van der Waals surface area (Å²) in [6.45, 7) is 10.5. The van der Waals surface area contributed by atoms with E-state index in [1.165, 1.54) is 16.7 Å². The number of rotatable bonds is 5. The second kappa shape index (κ2) is 7.64. The fraction of sp³-hybridized carbons (Fsp3) is 0.500. The molecule has 2 aromatic rings. The maximum atomic E-state index is 8.70. The molecule has 0 amide bonds. The monoisotopic (exact) mass is 340 g/mol. The van der Waals surface area contributed by atoms with Crippen molar-refractivity contribution in [1.29, 1.82) is 5.26 Å². The third-order valence-corrected chi connectivity index (χ3v) is 4.45. The average Bonchev–Trinajstić information content (AvgIpc) is 2.99. The predicted octanol–water partition coefficient (Wildman–Crippen LogP) is 2.29. The van der Waals surface area contributed by atoms with Crippen molar-refractivity contribution >= 4 is 11.7 Å². The summed E-state index contributed by atoms with van der Waals surface area (Å²) in [6.07, 6.45) is 0.119. The van der Waals surface area contributed by atoms with Crippen molar-refractivity contribution in [3.8, 4) is 6.07 Å². The minimum Gasteiger partial charge on any atom is -0.407 e. The number of hydrogen-bond donors (Lipinski definition) is 2. The zero-order valence-electron chi connectivity index (χ0n) is 15.0. The van der Waals surface area contributed by atoms with Crippen molar-refractivity contribution in [2.45, 2.75) is 39.8 Å². The first-order chi connectivity index (χ1) is 12.0. The number of nitrogens with zero attached hydrogens (tertiary/aromatic N) is 4. The largest absolute Gasteiger partial charge is 0.407 e. The normalized spacial score (nSPS) is 18.1. The van der Waals surface area contributed by atoms with Crippen LogP contribution in [0.4, 0.5) is 11.7 Å². The van der Waals surface area contributed by atoms with E-state index >= 15 is 0 Å². The first-order valence-electron chi connectivity index (χ1n) is 8.57. The summed E-state index contributed by atoms with van der Waals surface area (Å²) < 4.78 is 5.45. The Bertz CT molecular complexity index is 778. The van der Waals surface area contributed by atoms with Gasteiger partial charge in [0.25, 0.3) is 0 Å². The molecule has 1 aliphatic heterocycles. The molecule has 0 aliphatic carbocycles. The molecule has 7 nitrogen and oxygen atoms in total. The third kappa shape index (κ3) is 4.35. The van der Waals surface area contributed by atoms with Crippen LogP contribution in [0.15, 0.2) is 16.5 Å². The minimum atomic E-state index is 0.119. The maximum Gasteiger partial charge on any atom is 0.320 e. The lowest BCUT2D eigenvalue weighted by molar-refractivity contribution is 0.199. The van der Waals surface area contributed by atoms with Gasteiger partial charge < -0.3 is 15.1 Å². The highest BCUT2D eigenvalue weighted by Gasteiger charge is 2.17. The van der Waals surface area contributed by atoms with Crippen LogP contribution in [0.5, 0.6) is 0 Å². The first kappa shape index (κ1) is 17.4. The highest BCUT2D eigenvalue weighted by Crippen LogP contribution is 2.26. The zero-order chi connectivity index (χ0) is 17.8. The Morgan fingerprint density at radius 1 is 1.40 bits per heavy atom. The first-order valence-corrected chi connectivity index (χ1v) is 8.57. The van der Waals surface area contributed by atoms with Crippen LogP contribution in [0, 0.1) is 25.2 Å². The molecule has 1 aliphatic rings. The van der Waals surface area contributed by atoms with Crippen LogP contribution in [0.25, 0.3) is 0 Å². The second-order valence-electron chi connectivity index (χ2n) is 6.65. The summed E-state index contributed by atoms with van der Waals surface area (Å²) in [4.78, 5) is 2.48. The van der Waals surface area contributed by atoms with Gasteiger partial charge in [-0.25, -0.2) is 0 Å². The molecule has 0 spiro atoms.